The number of piperidine rings is 1. The number of hydrogen-bond donors (Lipinski definition) is 1. The molecule has 182 valence electrons. The van der Waals surface area contributed by atoms with Gasteiger partial charge in [-0.3, -0.25) is 4.79 Å². The van der Waals surface area contributed by atoms with Gasteiger partial charge in [-0.05, 0) is 61.8 Å². The number of nitriles is 1. The van der Waals surface area contributed by atoms with Crippen LogP contribution < -0.4 is 4.72 Å². The van der Waals surface area contributed by atoms with Gasteiger partial charge in [0.25, 0.3) is 0 Å². The number of carbonyl (C=O) groups is 1. The van der Waals surface area contributed by atoms with Gasteiger partial charge in [0.15, 0.2) is 0 Å². The Morgan fingerprint density at radius 1 is 1.21 bits per heavy atom. The number of carbonyl (C=O) groups excluding carboxylic acids is 1. The maximum atomic E-state index is 13.7. The molecule has 1 saturated carbocycles. The van der Waals surface area contributed by atoms with E-state index in [2.05, 4.69) is 10.8 Å². The maximum absolute atomic E-state index is 13.7. The summed E-state index contributed by atoms with van der Waals surface area (Å²) in [5.74, 6) is 0.948. The molecule has 2 heterocycles. The van der Waals surface area contributed by atoms with Gasteiger partial charge in [-0.1, -0.05) is 43.0 Å². The van der Waals surface area contributed by atoms with E-state index >= 15 is 0 Å². The molecule has 9 heteroatoms. The molecule has 2 aliphatic rings. The number of halogens is 1. The van der Waals surface area contributed by atoms with E-state index in [-0.39, 0.29) is 22.2 Å². The van der Waals surface area contributed by atoms with Crippen molar-refractivity contribution in [1.29, 1.82) is 5.26 Å². The molecule has 1 aromatic heterocycles. The fourth-order valence-corrected chi connectivity index (χ4v) is 7.49. The number of nitrogens with zero attached hydrogens (tertiary/aromatic N) is 3. The van der Waals surface area contributed by atoms with Crippen molar-refractivity contribution in [2.24, 2.45) is 11.8 Å². The quantitative estimate of drug-likeness (QED) is 0.616. The molecule has 2 aromatic rings. The first-order chi connectivity index (χ1) is 16.3. The zero-order valence-corrected chi connectivity index (χ0v) is 21.0. The Labute approximate surface area is 206 Å². The molecule has 3 atom stereocenters. The molecule has 0 radical (unpaired) electrons. The molecule has 1 N–H and O–H groups in total. The van der Waals surface area contributed by atoms with Gasteiger partial charge < -0.3 is 9.47 Å². The Kier molecular flexibility index (Phi) is 7.66. The Balaban J connectivity index is 1.57. The summed E-state index contributed by atoms with van der Waals surface area (Å²) in [6.45, 7) is 3.36. The highest BCUT2D eigenvalue weighted by atomic mass is 35.5. The highest BCUT2D eigenvalue weighted by Gasteiger charge is 2.37. The summed E-state index contributed by atoms with van der Waals surface area (Å²) in [6.07, 6.45) is 7.76. The third-order valence-corrected chi connectivity index (χ3v) is 9.33. The van der Waals surface area contributed by atoms with Crippen molar-refractivity contribution in [2.45, 2.75) is 62.9 Å². The van der Waals surface area contributed by atoms with Gasteiger partial charge in [-0.25, -0.2) is 8.42 Å². The smallest absolute Gasteiger partial charge is 0.243 e. The van der Waals surface area contributed by atoms with Crippen molar-refractivity contribution in [3.63, 3.8) is 0 Å². The molecule has 7 nitrogen and oxygen atoms in total. The average Bonchev–Trinajstić information content (AvgIpc) is 3.28. The molecule has 1 saturated heterocycles. The van der Waals surface area contributed by atoms with E-state index in [0.29, 0.717) is 42.7 Å². The number of amides is 1. The zero-order chi connectivity index (χ0) is 24.3. The largest absolute Gasteiger partial charge is 0.341 e. The SMILES string of the molecule is Cc1cccc(Cl)c1S(=O)(=O)NC(CCn1cccc1C#N)C(=O)N1CC[C@@H]2CCCC[C@H]2C1. The lowest BCUT2D eigenvalue weighted by molar-refractivity contribution is -0.136. The number of aromatic nitrogens is 1. The third kappa shape index (κ3) is 5.32. The summed E-state index contributed by atoms with van der Waals surface area (Å²) in [6, 6.07) is 9.55. The van der Waals surface area contributed by atoms with Crippen molar-refractivity contribution >= 4 is 27.5 Å². The van der Waals surface area contributed by atoms with E-state index in [9.17, 15) is 18.5 Å². The lowest BCUT2D eigenvalue weighted by Gasteiger charge is -2.42. The predicted octanol–water partition coefficient (Wildman–Crippen LogP) is 4.10. The van der Waals surface area contributed by atoms with E-state index in [1.807, 2.05) is 4.90 Å². The molecule has 0 bridgehead atoms. The van der Waals surface area contributed by atoms with Crippen molar-refractivity contribution in [2.75, 3.05) is 13.1 Å². The second-order valence-corrected chi connectivity index (χ2v) is 11.5. The first-order valence-electron chi connectivity index (χ1n) is 11.9. The van der Waals surface area contributed by atoms with Crippen LogP contribution in [0.5, 0.6) is 0 Å². The third-order valence-electron chi connectivity index (χ3n) is 7.23. The molecule has 1 unspecified atom stereocenters. The van der Waals surface area contributed by atoms with Gasteiger partial charge in [0.05, 0.1) is 5.02 Å². The minimum Gasteiger partial charge on any atom is -0.341 e. The minimum atomic E-state index is -4.04. The lowest BCUT2D eigenvalue weighted by Crippen LogP contribution is -2.53. The fraction of sp³-hybridized carbons (Fsp3) is 0.520. The minimum absolute atomic E-state index is 0.000802. The Hall–Kier alpha value is -2.34. The van der Waals surface area contributed by atoms with Gasteiger partial charge in [0.1, 0.15) is 22.7 Å². The van der Waals surface area contributed by atoms with Crippen LogP contribution in [0.4, 0.5) is 0 Å². The summed E-state index contributed by atoms with van der Waals surface area (Å²) >= 11 is 6.25. The van der Waals surface area contributed by atoms with Crippen molar-refractivity contribution in [3.05, 3.63) is 52.8 Å². The molecule has 1 aromatic carbocycles. The summed E-state index contributed by atoms with van der Waals surface area (Å²) < 4.78 is 31.1. The monoisotopic (exact) mass is 502 g/mol. The zero-order valence-electron chi connectivity index (χ0n) is 19.4. The molecule has 1 amide bonds. The molecular formula is C25H31ClN4O3S. The molecular weight excluding hydrogens is 472 g/mol. The number of likely N-dealkylation sites (tertiary alicyclic amines) is 1. The van der Waals surface area contributed by atoms with Crippen LogP contribution in [0.15, 0.2) is 41.4 Å². The Morgan fingerprint density at radius 3 is 2.71 bits per heavy atom. The van der Waals surface area contributed by atoms with E-state index in [1.165, 1.54) is 25.3 Å². The number of fused-ring (bicyclic) bond motifs is 1. The van der Waals surface area contributed by atoms with Crippen molar-refractivity contribution < 1.29 is 13.2 Å². The number of rotatable bonds is 7. The highest BCUT2D eigenvalue weighted by molar-refractivity contribution is 7.89. The van der Waals surface area contributed by atoms with Gasteiger partial charge in [0, 0.05) is 25.8 Å². The molecule has 1 aliphatic heterocycles. The Morgan fingerprint density at radius 2 is 1.97 bits per heavy atom. The first-order valence-corrected chi connectivity index (χ1v) is 13.8. The summed E-state index contributed by atoms with van der Waals surface area (Å²) in [7, 11) is -4.04. The second-order valence-electron chi connectivity index (χ2n) is 9.42. The number of benzene rings is 1. The lowest BCUT2D eigenvalue weighted by atomic mass is 9.75. The molecule has 34 heavy (non-hydrogen) atoms. The Bertz CT molecular complexity index is 1170. The van der Waals surface area contributed by atoms with Crippen LogP contribution in [0.1, 0.15) is 49.8 Å². The van der Waals surface area contributed by atoms with Crippen molar-refractivity contribution in [3.8, 4) is 6.07 Å². The van der Waals surface area contributed by atoms with Crippen LogP contribution >= 0.6 is 11.6 Å². The van der Waals surface area contributed by atoms with Gasteiger partial charge in [-0.15, -0.1) is 0 Å². The standard InChI is InChI=1S/C25H31ClN4O3S/c1-18-6-4-10-22(26)24(18)34(32,33)28-23(12-15-29-13-5-9-21(29)16-27)25(31)30-14-11-19-7-2-3-8-20(19)17-30/h4-6,9-10,13,19-20,23,28H,2-3,7-8,11-12,14-15,17H2,1H3/t19-,20-,23?/m0/s1. The molecule has 2 fully saturated rings. The predicted molar refractivity (Wildman–Crippen MR) is 131 cm³/mol. The van der Waals surface area contributed by atoms with Crippen LogP contribution in [0.3, 0.4) is 0 Å². The molecule has 1 aliphatic carbocycles. The van der Waals surface area contributed by atoms with Crippen LogP contribution in [0.25, 0.3) is 0 Å². The van der Waals surface area contributed by atoms with E-state index in [4.69, 9.17) is 11.6 Å². The van der Waals surface area contributed by atoms with Gasteiger partial charge >= 0.3 is 0 Å². The van der Waals surface area contributed by atoms with Gasteiger partial charge in [-0.2, -0.15) is 9.98 Å². The maximum Gasteiger partial charge on any atom is 0.243 e. The van der Waals surface area contributed by atoms with Crippen LogP contribution in [-0.2, 0) is 21.4 Å². The normalized spacial score (nSPS) is 21.5. The highest BCUT2D eigenvalue weighted by Crippen LogP contribution is 2.36. The molecule has 4 rings (SSSR count). The van der Waals surface area contributed by atoms with Crippen LogP contribution in [-0.4, -0.2) is 42.9 Å². The van der Waals surface area contributed by atoms with E-state index < -0.39 is 16.1 Å². The second kappa shape index (κ2) is 10.5. The first kappa shape index (κ1) is 24.8. The van der Waals surface area contributed by atoms with Crippen molar-refractivity contribution in [1.82, 2.24) is 14.2 Å². The van der Waals surface area contributed by atoms with E-state index in [0.717, 1.165) is 12.8 Å². The molecule has 0 spiro atoms. The van der Waals surface area contributed by atoms with Crippen LogP contribution in [0, 0.1) is 30.1 Å². The topological polar surface area (TPSA) is 95.2 Å². The number of hydrogen-bond acceptors (Lipinski definition) is 4. The summed E-state index contributed by atoms with van der Waals surface area (Å²) in [4.78, 5) is 15.5. The number of aryl methyl sites for hydroxylation is 2. The fourth-order valence-electron chi connectivity index (χ4n) is 5.44. The average molecular weight is 503 g/mol. The number of sulfonamides is 1. The summed E-state index contributed by atoms with van der Waals surface area (Å²) in [5, 5.41) is 9.44. The van der Waals surface area contributed by atoms with Gasteiger partial charge in [0.2, 0.25) is 15.9 Å². The van der Waals surface area contributed by atoms with Crippen LogP contribution in [0.2, 0.25) is 5.02 Å². The number of nitrogens with one attached hydrogen (secondary N) is 1. The summed E-state index contributed by atoms with van der Waals surface area (Å²) in [5.41, 5.74) is 0.991. The van der Waals surface area contributed by atoms with E-state index in [1.54, 1.807) is 42.0 Å².